The first-order valence-corrected chi connectivity index (χ1v) is 8.89. The molecule has 1 atom stereocenters. The van der Waals surface area contributed by atoms with Crippen molar-refractivity contribution >= 4 is 17.3 Å². The van der Waals surface area contributed by atoms with Crippen molar-refractivity contribution in [1.29, 1.82) is 0 Å². The van der Waals surface area contributed by atoms with E-state index < -0.39 is 16.9 Å². The summed E-state index contributed by atoms with van der Waals surface area (Å²) in [5.74, 6) is 0.105. The van der Waals surface area contributed by atoms with Gasteiger partial charge in [-0.15, -0.1) is 10.2 Å². The molecule has 0 aliphatic carbocycles. The van der Waals surface area contributed by atoms with E-state index in [1.165, 1.54) is 30.1 Å². The summed E-state index contributed by atoms with van der Waals surface area (Å²) in [4.78, 5) is 24.8. The van der Waals surface area contributed by atoms with Crippen molar-refractivity contribution < 1.29 is 14.5 Å². The summed E-state index contributed by atoms with van der Waals surface area (Å²) in [6.07, 6.45) is 0. The smallest absolute Gasteiger partial charge is 0.271 e. The molecule has 0 saturated heterocycles. The molecule has 10 nitrogen and oxygen atoms in total. The average molecular weight is 396 g/mol. The minimum atomic E-state index is -0.774. The second-order valence-corrected chi connectivity index (χ2v) is 6.62. The lowest BCUT2D eigenvalue weighted by molar-refractivity contribution is -0.384. The fourth-order valence-corrected chi connectivity index (χ4v) is 2.83. The Hall–Kier alpha value is -3.82. The standard InChI is InChI=1S/C19H20N6O4/c1-12(2)17(24-22-18(21-23-24)13-7-5-4-6-8-13)19(26)20-15-11-14(25(27)28)9-10-16(15)29-3/h4-12,17H,1-3H3,(H,20,26)/t17-/m0/s1. The summed E-state index contributed by atoms with van der Waals surface area (Å²) in [5, 5.41) is 26.2. The number of hydrogen-bond donors (Lipinski definition) is 1. The number of non-ortho nitro benzene ring substituents is 1. The summed E-state index contributed by atoms with van der Waals surface area (Å²) < 4.78 is 5.20. The largest absolute Gasteiger partial charge is 0.495 e. The van der Waals surface area contributed by atoms with Gasteiger partial charge in [0.05, 0.1) is 17.7 Å². The van der Waals surface area contributed by atoms with Crippen LogP contribution in [-0.2, 0) is 4.79 Å². The predicted molar refractivity (Wildman–Crippen MR) is 105 cm³/mol. The van der Waals surface area contributed by atoms with E-state index in [1.807, 2.05) is 44.2 Å². The molecule has 1 amide bonds. The van der Waals surface area contributed by atoms with Gasteiger partial charge in [-0.2, -0.15) is 4.80 Å². The molecule has 0 saturated carbocycles. The van der Waals surface area contributed by atoms with Crippen molar-refractivity contribution in [3.8, 4) is 17.1 Å². The number of anilines is 1. The molecule has 0 aliphatic rings. The van der Waals surface area contributed by atoms with Crippen LogP contribution in [0.1, 0.15) is 19.9 Å². The molecule has 1 aromatic heterocycles. The number of methoxy groups -OCH3 is 1. The number of tetrazole rings is 1. The number of rotatable bonds is 7. The minimum Gasteiger partial charge on any atom is -0.495 e. The summed E-state index contributed by atoms with van der Waals surface area (Å²) >= 11 is 0. The second-order valence-electron chi connectivity index (χ2n) is 6.62. The van der Waals surface area contributed by atoms with E-state index in [9.17, 15) is 14.9 Å². The first-order valence-electron chi connectivity index (χ1n) is 8.89. The lowest BCUT2D eigenvalue weighted by atomic mass is 10.0. The van der Waals surface area contributed by atoms with Gasteiger partial charge < -0.3 is 10.1 Å². The number of nitrogens with zero attached hydrogens (tertiary/aromatic N) is 5. The number of nitro groups is 1. The van der Waals surface area contributed by atoms with Crippen LogP contribution < -0.4 is 10.1 Å². The van der Waals surface area contributed by atoms with E-state index in [-0.39, 0.29) is 17.3 Å². The summed E-state index contributed by atoms with van der Waals surface area (Å²) in [6, 6.07) is 12.5. The van der Waals surface area contributed by atoms with Crippen LogP contribution in [0.3, 0.4) is 0 Å². The molecule has 0 unspecified atom stereocenters. The van der Waals surface area contributed by atoms with Crippen LogP contribution in [0.5, 0.6) is 5.75 Å². The molecule has 0 aliphatic heterocycles. The first kappa shape index (κ1) is 19.9. The third-order valence-electron chi connectivity index (χ3n) is 4.26. The van der Waals surface area contributed by atoms with E-state index >= 15 is 0 Å². The Balaban J connectivity index is 1.89. The Labute approximate surface area is 166 Å². The number of carbonyl (C=O) groups excluding carboxylic acids is 1. The van der Waals surface area contributed by atoms with Crippen LogP contribution in [0.15, 0.2) is 48.5 Å². The molecule has 0 bridgehead atoms. The highest BCUT2D eigenvalue weighted by Gasteiger charge is 2.28. The number of ether oxygens (including phenoxy) is 1. The molecule has 2 aromatic carbocycles. The molecule has 1 heterocycles. The molecule has 3 rings (SSSR count). The SMILES string of the molecule is COc1ccc([N+](=O)[O-])cc1NC(=O)[C@H](C(C)C)n1nnc(-c2ccccc2)n1. The zero-order valence-electron chi connectivity index (χ0n) is 16.1. The maximum Gasteiger partial charge on any atom is 0.271 e. The minimum absolute atomic E-state index is 0.160. The van der Waals surface area contributed by atoms with Crippen LogP contribution in [0.25, 0.3) is 11.4 Å². The molecule has 0 radical (unpaired) electrons. The molecular formula is C19H20N6O4. The number of nitrogens with one attached hydrogen (secondary N) is 1. The fourth-order valence-electron chi connectivity index (χ4n) is 2.83. The van der Waals surface area contributed by atoms with Crippen molar-refractivity contribution in [2.75, 3.05) is 12.4 Å². The number of amides is 1. The normalized spacial score (nSPS) is 11.9. The lowest BCUT2D eigenvalue weighted by Crippen LogP contribution is -2.31. The fraction of sp³-hybridized carbons (Fsp3) is 0.263. The monoisotopic (exact) mass is 396 g/mol. The van der Waals surface area contributed by atoms with E-state index in [4.69, 9.17) is 4.74 Å². The molecule has 29 heavy (non-hydrogen) atoms. The number of carbonyl (C=O) groups is 1. The van der Waals surface area contributed by atoms with Crippen molar-refractivity contribution in [3.05, 3.63) is 58.6 Å². The maximum absolute atomic E-state index is 13.0. The van der Waals surface area contributed by atoms with Gasteiger partial charge in [0.2, 0.25) is 5.82 Å². The van der Waals surface area contributed by atoms with Gasteiger partial charge in [-0.1, -0.05) is 44.2 Å². The van der Waals surface area contributed by atoms with Gasteiger partial charge in [0.15, 0.2) is 6.04 Å². The van der Waals surface area contributed by atoms with Crippen LogP contribution in [0, 0.1) is 16.0 Å². The Bertz CT molecular complexity index is 1020. The molecule has 3 aromatic rings. The zero-order valence-corrected chi connectivity index (χ0v) is 16.1. The van der Waals surface area contributed by atoms with E-state index in [0.29, 0.717) is 11.6 Å². The van der Waals surface area contributed by atoms with Crippen LogP contribution >= 0.6 is 0 Å². The quantitative estimate of drug-likeness (QED) is 0.480. The van der Waals surface area contributed by atoms with Gasteiger partial charge in [0, 0.05) is 17.7 Å². The van der Waals surface area contributed by atoms with Gasteiger partial charge >= 0.3 is 0 Å². The van der Waals surface area contributed by atoms with E-state index in [0.717, 1.165) is 5.56 Å². The molecular weight excluding hydrogens is 376 g/mol. The van der Waals surface area contributed by atoms with Crippen LogP contribution in [-0.4, -0.2) is 38.1 Å². The molecule has 150 valence electrons. The molecule has 10 heteroatoms. The highest BCUT2D eigenvalue weighted by Crippen LogP contribution is 2.30. The third kappa shape index (κ3) is 4.37. The van der Waals surface area contributed by atoms with Gasteiger partial charge in [0.1, 0.15) is 5.75 Å². The molecule has 0 fully saturated rings. The van der Waals surface area contributed by atoms with E-state index in [1.54, 1.807) is 0 Å². The number of nitro benzene ring substituents is 1. The zero-order chi connectivity index (χ0) is 21.0. The Morgan fingerprint density at radius 1 is 1.21 bits per heavy atom. The second kappa shape index (κ2) is 8.46. The highest BCUT2D eigenvalue weighted by molar-refractivity contribution is 5.95. The van der Waals surface area contributed by atoms with Crippen molar-refractivity contribution in [3.63, 3.8) is 0 Å². The summed E-state index contributed by atoms with van der Waals surface area (Å²) in [6.45, 7) is 3.70. The third-order valence-corrected chi connectivity index (χ3v) is 4.26. The topological polar surface area (TPSA) is 125 Å². The first-order chi connectivity index (χ1) is 13.9. The van der Waals surface area contributed by atoms with Gasteiger partial charge in [0.25, 0.3) is 11.6 Å². The van der Waals surface area contributed by atoms with Gasteiger partial charge in [-0.3, -0.25) is 14.9 Å². The van der Waals surface area contributed by atoms with E-state index in [2.05, 4.69) is 20.7 Å². The highest BCUT2D eigenvalue weighted by atomic mass is 16.6. The van der Waals surface area contributed by atoms with Crippen molar-refractivity contribution in [1.82, 2.24) is 20.2 Å². The Kier molecular flexibility index (Phi) is 5.82. The molecule has 0 spiro atoms. The van der Waals surface area contributed by atoms with Crippen LogP contribution in [0.4, 0.5) is 11.4 Å². The Morgan fingerprint density at radius 3 is 2.55 bits per heavy atom. The van der Waals surface area contributed by atoms with Gasteiger partial charge in [-0.05, 0) is 17.2 Å². The molecule has 1 N–H and O–H groups in total. The number of aromatic nitrogens is 4. The summed E-state index contributed by atoms with van der Waals surface area (Å²) in [5.41, 5.74) is 0.815. The Morgan fingerprint density at radius 2 is 1.93 bits per heavy atom. The predicted octanol–water partition coefficient (Wildman–Crippen LogP) is 3.09. The van der Waals surface area contributed by atoms with Gasteiger partial charge in [-0.25, -0.2) is 0 Å². The maximum atomic E-state index is 13.0. The van der Waals surface area contributed by atoms with Crippen molar-refractivity contribution in [2.24, 2.45) is 5.92 Å². The number of benzene rings is 2. The average Bonchev–Trinajstić information content (AvgIpc) is 3.17. The lowest BCUT2D eigenvalue weighted by Gasteiger charge is -2.19. The summed E-state index contributed by atoms with van der Waals surface area (Å²) in [7, 11) is 1.42. The van der Waals surface area contributed by atoms with Crippen molar-refractivity contribution in [2.45, 2.75) is 19.9 Å². The number of hydrogen-bond acceptors (Lipinski definition) is 7. The van der Waals surface area contributed by atoms with Crippen LogP contribution in [0.2, 0.25) is 0 Å².